The SMILES string of the molecule is CC[C@H](C)[C@H](NC(=O)[C@H](CC(C)C)NC(=O)[C@@H](CO)NC(=O)[C@@H]1CCC(=O)N1)C(=O)OC. The first-order chi connectivity index (χ1) is 15.0. The zero-order chi connectivity index (χ0) is 24.4. The van der Waals surface area contributed by atoms with Gasteiger partial charge in [-0.25, -0.2) is 4.79 Å². The Hall–Kier alpha value is -2.69. The van der Waals surface area contributed by atoms with E-state index in [1.54, 1.807) is 6.92 Å². The van der Waals surface area contributed by atoms with Crippen LogP contribution in [0.2, 0.25) is 0 Å². The Kier molecular flexibility index (Phi) is 11.1. The van der Waals surface area contributed by atoms with E-state index in [0.29, 0.717) is 12.8 Å². The molecule has 5 N–H and O–H groups in total. The van der Waals surface area contributed by atoms with Gasteiger partial charge in [0, 0.05) is 6.42 Å². The van der Waals surface area contributed by atoms with Gasteiger partial charge in [0.1, 0.15) is 24.2 Å². The fourth-order valence-electron chi connectivity index (χ4n) is 3.30. The van der Waals surface area contributed by atoms with Crippen molar-refractivity contribution in [1.82, 2.24) is 21.3 Å². The van der Waals surface area contributed by atoms with E-state index >= 15 is 0 Å². The van der Waals surface area contributed by atoms with E-state index in [4.69, 9.17) is 4.74 Å². The number of carbonyl (C=O) groups is 5. The van der Waals surface area contributed by atoms with Crippen LogP contribution in [0.15, 0.2) is 0 Å². The van der Waals surface area contributed by atoms with Crippen molar-refractivity contribution in [3.05, 3.63) is 0 Å². The maximum absolute atomic E-state index is 12.9. The van der Waals surface area contributed by atoms with Crippen LogP contribution in [-0.2, 0) is 28.7 Å². The van der Waals surface area contributed by atoms with Gasteiger partial charge in [-0.1, -0.05) is 34.1 Å². The molecule has 0 radical (unpaired) electrons. The number of rotatable bonds is 12. The van der Waals surface area contributed by atoms with Gasteiger partial charge in [-0.05, 0) is 24.7 Å². The standard InChI is InChI=1S/C21H36N4O7/c1-6-12(4)17(21(31)32-5)25-19(29)14(9-11(2)3)23-20(30)15(10-26)24-18(28)13-7-8-16(27)22-13/h11-15,17,26H,6-10H2,1-5H3,(H,22,27)(H,23,30)(H,24,28)(H,25,29)/t12-,13-,14-,15+,17-/m0/s1. The summed E-state index contributed by atoms with van der Waals surface area (Å²) in [6.45, 7) is 6.73. The van der Waals surface area contributed by atoms with Gasteiger partial charge in [-0.3, -0.25) is 19.2 Å². The number of esters is 1. The number of methoxy groups -OCH3 is 1. The molecule has 1 aliphatic rings. The van der Waals surface area contributed by atoms with E-state index in [-0.39, 0.29) is 30.6 Å². The van der Waals surface area contributed by atoms with Crippen LogP contribution in [-0.4, -0.2) is 72.6 Å². The molecule has 11 nitrogen and oxygen atoms in total. The summed E-state index contributed by atoms with van der Waals surface area (Å²) >= 11 is 0. The molecule has 5 atom stereocenters. The second kappa shape index (κ2) is 13.0. The van der Waals surface area contributed by atoms with Gasteiger partial charge in [-0.15, -0.1) is 0 Å². The molecule has 0 aromatic heterocycles. The lowest BCUT2D eigenvalue weighted by molar-refractivity contribution is -0.147. The monoisotopic (exact) mass is 456 g/mol. The molecular formula is C21H36N4O7. The summed E-state index contributed by atoms with van der Waals surface area (Å²) in [4.78, 5) is 61.3. The summed E-state index contributed by atoms with van der Waals surface area (Å²) in [6.07, 6.45) is 1.41. The Morgan fingerprint density at radius 1 is 1.09 bits per heavy atom. The number of ether oxygens (including phenoxy) is 1. The van der Waals surface area contributed by atoms with Crippen LogP contribution in [0.25, 0.3) is 0 Å². The van der Waals surface area contributed by atoms with Gasteiger partial charge in [0.15, 0.2) is 0 Å². The maximum atomic E-state index is 12.9. The van der Waals surface area contributed by atoms with Gasteiger partial charge in [0.05, 0.1) is 13.7 Å². The Balaban J connectivity index is 2.87. The third-order valence-corrected chi connectivity index (χ3v) is 5.43. The lowest BCUT2D eigenvalue weighted by Gasteiger charge is -2.27. The van der Waals surface area contributed by atoms with Crippen LogP contribution in [0.3, 0.4) is 0 Å². The molecule has 1 fully saturated rings. The molecule has 1 heterocycles. The van der Waals surface area contributed by atoms with Gasteiger partial charge in [0.25, 0.3) is 0 Å². The van der Waals surface area contributed by atoms with E-state index in [2.05, 4.69) is 21.3 Å². The Morgan fingerprint density at radius 3 is 2.19 bits per heavy atom. The minimum Gasteiger partial charge on any atom is -0.467 e. The third kappa shape index (κ3) is 8.10. The molecule has 11 heteroatoms. The first-order valence-electron chi connectivity index (χ1n) is 10.9. The molecule has 0 bridgehead atoms. The minimum absolute atomic E-state index is 0.0297. The molecule has 0 aliphatic carbocycles. The molecule has 182 valence electrons. The molecule has 4 amide bonds. The second-order valence-electron chi connectivity index (χ2n) is 8.49. The zero-order valence-corrected chi connectivity index (χ0v) is 19.4. The number of nitrogens with one attached hydrogen (secondary N) is 4. The quantitative estimate of drug-likeness (QED) is 0.235. The largest absolute Gasteiger partial charge is 0.467 e. The van der Waals surface area contributed by atoms with E-state index in [1.807, 2.05) is 20.8 Å². The van der Waals surface area contributed by atoms with Crippen LogP contribution in [0.5, 0.6) is 0 Å². The van der Waals surface area contributed by atoms with Crippen molar-refractivity contribution in [2.75, 3.05) is 13.7 Å². The van der Waals surface area contributed by atoms with E-state index < -0.39 is 54.5 Å². The van der Waals surface area contributed by atoms with Crippen LogP contribution in [0, 0.1) is 11.8 Å². The Morgan fingerprint density at radius 2 is 1.72 bits per heavy atom. The fourth-order valence-corrected chi connectivity index (χ4v) is 3.30. The fraction of sp³-hybridized carbons (Fsp3) is 0.762. The molecule has 0 unspecified atom stereocenters. The molecule has 32 heavy (non-hydrogen) atoms. The van der Waals surface area contributed by atoms with Crippen LogP contribution < -0.4 is 21.3 Å². The lowest BCUT2D eigenvalue weighted by atomic mass is 9.97. The maximum Gasteiger partial charge on any atom is 0.328 e. The van der Waals surface area contributed by atoms with E-state index in [0.717, 1.165) is 0 Å². The first kappa shape index (κ1) is 27.3. The highest BCUT2D eigenvalue weighted by Gasteiger charge is 2.34. The Bertz CT molecular complexity index is 698. The molecule has 1 saturated heterocycles. The van der Waals surface area contributed by atoms with Crippen molar-refractivity contribution in [1.29, 1.82) is 0 Å². The normalized spacial score (nSPS) is 19.3. The molecule has 0 aromatic rings. The number of hydrogen-bond acceptors (Lipinski definition) is 7. The second-order valence-corrected chi connectivity index (χ2v) is 8.49. The molecule has 0 spiro atoms. The summed E-state index contributed by atoms with van der Waals surface area (Å²) < 4.78 is 4.78. The predicted octanol–water partition coefficient (Wildman–Crippen LogP) is -1.02. The van der Waals surface area contributed by atoms with Gasteiger partial charge < -0.3 is 31.1 Å². The van der Waals surface area contributed by atoms with Crippen molar-refractivity contribution in [3.63, 3.8) is 0 Å². The number of carbonyl (C=O) groups excluding carboxylic acids is 5. The average Bonchev–Trinajstić information content (AvgIpc) is 3.19. The first-order valence-corrected chi connectivity index (χ1v) is 10.9. The van der Waals surface area contributed by atoms with Crippen molar-refractivity contribution in [2.45, 2.75) is 77.5 Å². The van der Waals surface area contributed by atoms with Crippen LogP contribution >= 0.6 is 0 Å². The third-order valence-electron chi connectivity index (χ3n) is 5.43. The summed E-state index contributed by atoms with van der Waals surface area (Å²) in [5.74, 6) is -2.89. The molecule has 0 saturated carbocycles. The topological polar surface area (TPSA) is 163 Å². The lowest BCUT2D eigenvalue weighted by Crippen LogP contribution is -2.58. The van der Waals surface area contributed by atoms with E-state index in [1.165, 1.54) is 7.11 Å². The average molecular weight is 457 g/mol. The summed E-state index contributed by atoms with van der Waals surface area (Å²) in [5, 5.41) is 19.7. The molecule has 1 aliphatic heterocycles. The summed E-state index contributed by atoms with van der Waals surface area (Å²) in [7, 11) is 1.23. The Labute approximate surface area is 188 Å². The predicted molar refractivity (Wildman–Crippen MR) is 115 cm³/mol. The molecule has 0 aromatic carbocycles. The minimum atomic E-state index is -1.30. The smallest absolute Gasteiger partial charge is 0.328 e. The number of aliphatic hydroxyl groups excluding tert-OH is 1. The zero-order valence-electron chi connectivity index (χ0n) is 19.4. The highest BCUT2D eigenvalue weighted by molar-refractivity contribution is 5.96. The van der Waals surface area contributed by atoms with Gasteiger partial charge in [-0.2, -0.15) is 0 Å². The van der Waals surface area contributed by atoms with Gasteiger partial charge >= 0.3 is 5.97 Å². The van der Waals surface area contributed by atoms with Crippen molar-refractivity contribution in [2.24, 2.45) is 11.8 Å². The number of aliphatic hydroxyl groups is 1. The number of amides is 4. The van der Waals surface area contributed by atoms with Crippen molar-refractivity contribution < 1.29 is 33.8 Å². The molecule has 1 rings (SSSR count). The van der Waals surface area contributed by atoms with Crippen LogP contribution in [0.1, 0.15) is 53.4 Å². The van der Waals surface area contributed by atoms with Crippen LogP contribution in [0.4, 0.5) is 0 Å². The van der Waals surface area contributed by atoms with E-state index in [9.17, 15) is 29.1 Å². The van der Waals surface area contributed by atoms with Crippen molar-refractivity contribution in [3.8, 4) is 0 Å². The highest BCUT2D eigenvalue weighted by Crippen LogP contribution is 2.12. The number of hydrogen-bond donors (Lipinski definition) is 5. The molecular weight excluding hydrogens is 420 g/mol. The van der Waals surface area contributed by atoms with Gasteiger partial charge in [0.2, 0.25) is 23.6 Å². The summed E-state index contributed by atoms with van der Waals surface area (Å²) in [6, 6.07) is -3.93. The highest BCUT2D eigenvalue weighted by atomic mass is 16.5. The summed E-state index contributed by atoms with van der Waals surface area (Å²) in [5.41, 5.74) is 0. The van der Waals surface area contributed by atoms with Crippen molar-refractivity contribution >= 4 is 29.6 Å².